The molecule has 1 fully saturated rings. The lowest BCUT2D eigenvalue weighted by Gasteiger charge is -2.60. The molecule has 0 spiro atoms. The average Bonchev–Trinajstić information content (AvgIpc) is 2.70. The van der Waals surface area contributed by atoms with Crippen LogP contribution in [0.15, 0.2) is 34.6 Å². The van der Waals surface area contributed by atoms with Crippen LogP contribution in [0.4, 0.5) is 0 Å². The number of fused-ring (bicyclic) bond motifs is 2. The predicted octanol–water partition coefficient (Wildman–Crippen LogP) is 6.46. The van der Waals surface area contributed by atoms with Crippen LogP contribution in [0.3, 0.4) is 0 Å². The summed E-state index contributed by atoms with van der Waals surface area (Å²) in [5.74, 6) is -2.29. The number of hydrogen-bond acceptors (Lipinski definition) is 5. The van der Waals surface area contributed by atoms with Crippen LogP contribution < -0.4 is 0 Å². The Balaban J connectivity index is 2.98. The van der Waals surface area contributed by atoms with Crippen molar-refractivity contribution < 1.29 is 24.6 Å². The fourth-order valence-electron chi connectivity index (χ4n) is 6.03. The molecule has 5 nitrogen and oxygen atoms in total. The van der Waals surface area contributed by atoms with Crippen LogP contribution >= 0.6 is 0 Å². The van der Waals surface area contributed by atoms with Crippen LogP contribution in [0.5, 0.6) is 0 Å². The van der Waals surface area contributed by atoms with E-state index in [1.54, 1.807) is 27.7 Å². The lowest BCUT2D eigenvalue weighted by atomic mass is 9.39. The van der Waals surface area contributed by atoms with Gasteiger partial charge < -0.3 is 10.2 Å². The first kappa shape index (κ1) is 29.2. The van der Waals surface area contributed by atoms with Gasteiger partial charge in [-0.3, -0.25) is 14.4 Å². The Kier molecular flexibility index (Phi) is 8.18. The lowest BCUT2D eigenvalue weighted by molar-refractivity contribution is -0.178. The topological polar surface area (TPSA) is 91.7 Å². The molecule has 3 unspecified atom stereocenters. The smallest absolute Gasteiger partial charge is 0.184 e. The highest BCUT2D eigenvalue weighted by Crippen LogP contribution is 2.66. The van der Waals surface area contributed by atoms with Crippen molar-refractivity contribution in [3.8, 4) is 0 Å². The first-order valence-electron chi connectivity index (χ1n) is 12.9. The van der Waals surface area contributed by atoms with Gasteiger partial charge in [-0.2, -0.15) is 0 Å². The van der Waals surface area contributed by atoms with E-state index in [1.807, 2.05) is 47.6 Å². The van der Waals surface area contributed by atoms with Crippen molar-refractivity contribution in [2.45, 2.75) is 107 Å². The molecule has 0 aromatic rings. The van der Waals surface area contributed by atoms with E-state index >= 15 is 0 Å². The number of aliphatic hydroxyl groups excluding tert-OH is 1. The highest BCUT2D eigenvalue weighted by molar-refractivity contribution is 6.33. The fourth-order valence-corrected chi connectivity index (χ4v) is 6.03. The van der Waals surface area contributed by atoms with E-state index in [1.165, 1.54) is 0 Å². The molecule has 0 amide bonds. The van der Waals surface area contributed by atoms with Crippen LogP contribution in [0.2, 0.25) is 0 Å². The molecule has 2 rings (SSSR count). The maximum absolute atomic E-state index is 14.6. The third-order valence-corrected chi connectivity index (χ3v) is 8.29. The van der Waals surface area contributed by atoms with Gasteiger partial charge in [0.1, 0.15) is 5.76 Å². The Hall–Kier alpha value is -2.01. The molecule has 2 N–H and O–H groups in total. The Labute approximate surface area is 211 Å². The molecule has 3 atom stereocenters. The zero-order valence-electron chi connectivity index (χ0n) is 23.5. The second-order valence-corrected chi connectivity index (χ2v) is 12.8. The van der Waals surface area contributed by atoms with E-state index in [4.69, 9.17) is 0 Å². The molecule has 2 aliphatic rings. The zero-order valence-corrected chi connectivity index (χ0v) is 23.5. The van der Waals surface area contributed by atoms with Crippen LogP contribution in [-0.2, 0) is 14.4 Å². The lowest BCUT2D eigenvalue weighted by Crippen LogP contribution is -2.70. The number of carbonyl (C=O) groups is 3. The van der Waals surface area contributed by atoms with E-state index in [9.17, 15) is 24.6 Å². The first-order chi connectivity index (χ1) is 15.9. The predicted molar refractivity (Wildman–Crippen MR) is 140 cm³/mol. The van der Waals surface area contributed by atoms with Crippen LogP contribution in [0.1, 0.15) is 101 Å². The Bertz CT molecular complexity index is 977. The molecule has 0 aliphatic heterocycles. The summed E-state index contributed by atoms with van der Waals surface area (Å²) in [5.41, 5.74) is -2.98. The normalized spacial score (nSPS) is 28.3. The summed E-state index contributed by atoms with van der Waals surface area (Å²) in [7, 11) is 0. The Morgan fingerprint density at radius 3 is 2.09 bits per heavy atom. The molecule has 0 aromatic carbocycles. The summed E-state index contributed by atoms with van der Waals surface area (Å²) in [4.78, 5) is 43.0. The molecule has 2 bridgehead atoms. The van der Waals surface area contributed by atoms with Crippen molar-refractivity contribution in [1.29, 1.82) is 0 Å². The summed E-state index contributed by atoms with van der Waals surface area (Å²) in [5, 5.41) is 22.2. The third kappa shape index (κ3) is 4.85. The second kappa shape index (κ2) is 9.80. The summed E-state index contributed by atoms with van der Waals surface area (Å²) in [6.07, 6.45) is 5.50. The Morgan fingerprint density at radius 2 is 1.63 bits per heavy atom. The minimum Gasteiger partial charge on any atom is -0.511 e. The number of hydrogen-bond donors (Lipinski definition) is 2. The van der Waals surface area contributed by atoms with Crippen LogP contribution in [0.25, 0.3) is 0 Å². The van der Waals surface area contributed by atoms with Crippen molar-refractivity contribution >= 4 is 17.3 Å². The Morgan fingerprint density at radius 1 is 1.09 bits per heavy atom. The minimum atomic E-state index is -1.86. The molecule has 1 saturated carbocycles. The summed E-state index contributed by atoms with van der Waals surface area (Å²) < 4.78 is 0. The minimum absolute atomic E-state index is 0.171. The van der Waals surface area contributed by atoms with E-state index in [0.717, 1.165) is 11.1 Å². The third-order valence-electron chi connectivity index (χ3n) is 8.29. The second-order valence-electron chi connectivity index (χ2n) is 12.8. The number of carbonyl (C=O) groups excluding carboxylic acids is 3. The van der Waals surface area contributed by atoms with E-state index in [2.05, 4.69) is 6.08 Å². The molecule has 2 aliphatic carbocycles. The zero-order chi connectivity index (χ0) is 27.1. The van der Waals surface area contributed by atoms with Gasteiger partial charge in [0.2, 0.25) is 0 Å². The maximum Gasteiger partial charge on any atom is 0.184 e. The average molecular weight is 487 g/mol. The molecule has 0 heterocycles. The van der Waals surface area contributed by atoms with E-state index < -0.39 is 39.3 Å². The maximum atomic E-state index is 14.6. The highest BCUT2D eigenvalue weighted by atomic mass is 16.3. The van der Waals surface area contributed by atoms with Crippen LogP contribution in [-0.4, -0.2) is 33.2 Å². The molecule has 0 radical (unpaired) electrons. The van der Waals surface area contributed by atoms with Crippen molar-refractivity contribution in [2.24, 2.45) is 28.1 Å². The number of ketones is 3. The van der Waals surface area contributed by atoms with Crippen molar-refractivity contribution in [1.82, 2.24) is 0 Å². The van der Waals surface area contributed by atoms with Gasteiger partial charge in [-0.25, -0.2) is 0 Å². The monoisotopic (exact) mass is 486 g/mol. The number of rotatable bonds is 9. The molecule has 196 valence electrons. The largest absolute Gasteiger partial charge is 0.511 e. The van der Waals surface area contributed by atoms with Gasteiger partial charge in [-0.1, -0.05) is 51.0 Å². The van der Waals surface area contributed by atoms with Crippen molar-refractivity contribution in [2.75, 3.05) is 0 Å². The molecular weight excluding hydrogens is 440 g/mol. The van der Waals surface area contributed by atoms with Crippen LogP contribution in [0, 0.1) is 28.1 Å². The van der Waals surface area contributed by atoms with Gasteiger partial charge in [0.05, 0.1) is 11.0 Å². The van der Waals surface area contributed by atoms with Gasteiger partial charge in [0.15, 0.2) is 22.8 Å². The van der Waals surface area contributed by atoms with Crippen molar-refractivity contribution in [3.63, 3.8) is 0 Å². The highest BCUT2D eigenvalue weighted by Gasteiger charge is 2.75. The standard InChI is InChI=1S/C30H46O5/c1-18(2)11-13-21-17-29(16-15-27(7,8)35)24(32)22(14-12-19(3)4)25(33)30(26(29)34,28(21,9)10)23(31)20(5)6/h11-12,20-21,32,35H,13-17H2,1-10H3. The van der Waals surface area contributed by atoms with Gasteiger partial charge in [-0.15, -0.1) is 0 Å². The van der Waals surface area contributed by atoms with Gasteiger partial charge in [-0.05, 0) is 85.0 Å². The number of Topliss-reactive ketones (excluding diaryl/α,β-unsaturated/α-hetero) is 3. The number of aliphatic hydroxyl groups is 2. The van der Waals surface area contributed by atoms with Gasteiger partial charge in [0, 0.05) is 11.5 Å². The van der Waals surface area contributed by atoms with Crippen molar-refractivity contribution in [3.05, 3.63) is 34.6 Å². The number of allylic oxidation sites excluding steroid dienone is 6. The molecule has 35 heavy (non-hydrogen) atoms. The van der Waals surface area contributed by atoms with E-state index in [0.29, 0.717) is 12.8 Å². The van der Waals surface area contributed by atoms with E-state index in [-0.39, 0.29) is 42.3 Å². The summed E-state index contributed by atoms with van der Waals surface area (Å²) in [6.45, 7) is 18.4. The van der Waals surface area contributed by atoms with Gasteiger partial charge in [0.25, 0.3) is 0 Å². The molecular formula is C30H46O5. The molecule has 5 heteroatoms. The molecule has 0 saturated heterocycles. The fraction of sp³-hybridized carbons (Fsp3) is 0.700. The quantitative estimate of drug-likeness (QED) is 0.288. The first-order valence-corrected chi connectivity index (χ1v) is 12.9. The molecule has 0 aromatic heterocycles. The van der Waals surface area contributed by atoms with Gasteiger partial charge >= 0.3 is 0 Å². The SMILES string of the molecule is CC(C)=CCC1=C(O)C2(CCC(C)(C)O)CC(CC=C(C)C)C(C)(C)C(C(=O)C(C)C)(C1=O)C2=O. The summed E-state index contributed by atoms with van der Waals surface area (Å²) in [6, 6.07) is 0. The summed E-state index contributed by atoms with van der Waals surface area (Å²) >= 11 is 0.